The summed E-state index contributed by atoms with van der Waals surface area (Å²) in [6, 6.07) is 2.53. The Morgan fingerprint density at radius 2 is 2.26 bits per heavy atom. The summed E-state index contributed by atoms with van der Waals surface area (Å²) in [5.74, 6) is 0.206. The molecular weight excluding hydrogens is 238 g/mol. The first-order valence-corrected chi connectivity index (χ1v) is 7.50. The molecule has 0 aliphatic heterocycles. The average Bonchev–Trinajstić information content (AvgIpc) is 2.98. The van der Waals surface area contributed by atoms with E-state index in [1.54, 1.807) is 0 Å². The van der Waals surface area contributed by atoms with Crippen molar-refractivity contribution >= 4 is 5.78 Å². The smallest absolute Gasteiger partial charge is 0.140 e. The summed E-state index contributed by atoms with van der Waals surface area (Å²) in [7, 11) is 0. The lowest BCUT2D eigenvalue weighted by Crippen LogP contribution is -2.24. The Balaban J connectivity index is 1.83. The van der Waals surface area contributed by atoms with Gasteiger partial charge in [-0.1, -0.05) is 26.2 Å². The Bertz CT molecular complexity index is 407. The van der Waals surface area contributed by atoms with Crippen molar-refractivity contribution in [1.29, 1.82) is 0 Å². The molecule has 0 amide bonds. The Kier molecular flexibility index (Phi) is 5.14. The van der Waals surface area contributed by atoms with Gasteiger partial charge in [0.2, 0.25) is 0 Å². The third kappa shape index (κ3) is 4.16. The van der Waals surface area contributed by atoms with Gasteiger partial charge >= 0.3 is 0 Å². The van der Waals surface area contributed by atoms with E-state index in [0.717, 1.165) is 18.5 Å². The molecule has 0 spiro atoms. The van der Waals surface area contributed by atoms with Gasteiger partial charge in [0, 0.05) is 18.7 Å². The third-order valence-corrected chi connectivity index (χ3v) is 3.89. The van der Waals surface area contributed by atoms with E-state index >= 15 is 0 Å². The SMILES string of the molecule is CCCC(N)CC(=O)Cc1ccn(C2CCCC2)n1. The molecule has 1 fully saturated rings. The molecule has 1 aromatic heterocycles. The second-order valence-electron chi connectivity index (χ2n) is 5.69. The van der Waals surface area contributed by atoms with Crippen molar-refractivity contribution in [1.82, 2.24) is 9.78 Å². The van der Waals surface area contributed by atoms with Crippen molar-refractivity contribution in [3.63, 3.8) is 0 Å². The molecule has 1 aliphatic rings. The van der Waals surface area contributed by atoms with E-state index in [2.05, 4.69) is 12.0 Å². The number of Topliss-reactive ketones (excluding diaryl/α,β-unsaturated/α-hetero) is 1. The molecule has 1 aromatic rings. The highest BCUT2D eigenvalue weighted by molar-refractivity contribution is 5.80. The molecule has 4 nitrogen and oxygen atoms in total. The number of rotatable bonds is 7. The number of ketones is 1. The Hall–Kier alpha value is -1.16. The molecule has 1 aliphatic carbocycles. The molecule has 1 atom stereocenters. The van der Waals surface area contributed by atoms with Gasteiger partial charge in [0.1, 0.15) is 5.78 Å². The fraction of sp³-hybridized carbons (Fsp3) is 0.733. The van der Waals surface area contributed by atoms with Gasteiger partial charge in [-0.05, 0) is 25.3 Å². The summed E-state index contributed by atoms with van der Waals surface area (Å²) in [6.07, 6.45) is 9.90. The molecule has 19 heavy (non-hydrogen) atoms. The topological polar surface area (TPSA) is 60.9 Å². The maximum atomic E-state index is 11.9. The van der Waals surface area contributed by atoms with Gasteiger partial charge in [-0.25, -0.2) is 0 Å². The van der Waals surface area contributed by atoms with Crippen LogP contribution in [0, 0.1) is 0 Å². The van der Waals surface area contributed by atoms with Crippen LogP contribution in [0.3, 0.4) is 0 Å². The first-order valence-electron chi connectivity index (χ1n) is 7.50. The van der Waals surface area contributed by atoms with Gasteiger partial charge in [-0.15, -0.1) is 0 Å². The third-order valence-electron chi connectivity index (χ3n) is 3.89. The minimum absolute atomic E-state index is 0.00872. The fourth-order valence-corrected chi connectivity index (χ4v) is 2.88. The van der Waals surface area contributed by atoms with Crippen LogP contribution in [0.15, 0.2) is 12.3 Å². The summed E-state index contributed by atoms with van der Waals surface area (Å²) in [4.78, 5) is 11.9. The van der Waals surface area contributed by atoms with Crippen LogP contribution in [0.2, 0.25) is 0 Å². The molecular formula is C15H25N3O. The molecule has 1 saturated carbocycles. The maximum Gasteiger partial charge on any atom is 0.140 e. The van der Waals surface area contributed by atoms with E-state index in [-0.39, 0.29) is 11.8 Å². The van der Waals surface area contributed by atoms with Crippen molar-refractivity contribution in [2.24, 2.45) is 5.73 Å². The molecule has 4 heteroatoms. The first-order chi connectivity index (χ1) is 9.19. The number of carbonyl (C=O) groups excluding carboxylic acids is 1. The van der Waals surface area contributed by atoms with E-state index < -0.39 is 0 Å². The quantitative estimate of drug-likeness (QED) is 0.822. The van der Waals surface area contributed by atoms with Crippen LogP contribution >= 0.6 is 0 Å². The zero-order chi connectivity index (χ0) is 13.7. The molecule has 0 saturated heterocycles. The summed E-state index contributed by atoms with van der Waals surface area (Å²) >= 11 is 0. The lowest BCUT2D eigenvalue weighted by atomic mass is 10.0. The van der Waals surface area contributed by atoms with Crippen LogP contribution in [0.25, 0.3) is 0 Å². The first kappa shape index (κ1) is 14.3. The van der Waals surface area contributed by atoms with Crippen molar-refractivity contribution in [2.75, 3.05) is 0 Å². The molecule has 1 unspecified atom stereocenters. The Labute approximate surface area is 115 Å². The predicted molar refractivity (Wildman–Crippen MR) is 75.9 cm³/mol. The second-order valence-corrected chi connectivity index (χ2v) is 5.69. The molecule has 106 valence electrons. The minimum Gasteiger partial charge on any atom is -0.327 e. The lowest BCUT2D eigenvalue weighted by Gasteiger charge is -2.09. The van der Waals surface area contributed by atoms with Gasteiger partial charge < -0.3 is 5.73 Å². The van der Waals surface area contributed by atoms with Gasteiger partial charge in [-0.2, -0.15) is 5.10 Å². The van der Waals surface area contributed by atoms with E-state index in [1.807, 2.05) is 16.9 Å². The monoisotopic (exact) mass is 263 g/mol. The van der Waals surface area contributed by atoms with Crippen LogP contribution in [0.1, 0.15) is 63.6 Å². The molecule has 2 N–H and O–H groups in total. The van der Waals surface area contributed by atoms with Crippen LogP contribution in [-0.4, -0.2) is 21.6 Å². The molecule has 0 radical (unpaired) electrons. The highest BCUT2D eigenvalue weighted by atomic mass is 16.1. The highest BCUT2D eigenvalue weighted by Crippen LogP contribution is 2.28. The normalized spacial score (nSPS) is 17.8. The van der Waals surface area contributed by atoms with E-state index in [9.17, 15) is 4.79 Å². The van der Waals surface area contributed by atoms with Crippen LogP contribution in [-0.2, 0) is 11.2 Å². The number of carbonyl (C=O) groups is 1. The largest absolute Gasteiger partial charge is 0.327 e. The van der Waals surface area contributed by atoms with Crippen molar-refractivity contribution in [2.45, 2.75) is 70.4 Å². The number of nitrogens with zero attached hydrogens (tertiary/aromatic N) is 2. The van der Waals surface area contributed by atoms with Crippen LogP contribution < -0.4 is 5.73 Å². The van der Waals surface area contributed by atoms with Gasteiger partial charge in [0.25, 0.3) is 0 Å². The van der Waals surface area contributed by atoms with E-state index in [4.69, 9.17) is 5.73 Å². The lowest BCUT2D eigenvalue weighted by molar-refractivity contribution is -0.118. The summed E-state index contributed by atoms with van der Waals surface area (Å²) in [5, 5.41) is 4.54. The highest BCUT2D eigenvalue weighted by Gasteiger charge is 2.18. The standard InChI is InChI=1S/C15H25N3O/c1-2-5-12(16)10-15(19)11-13-8-9-18(17-13)14-6-3-4-7-14/h8-9,12,14H,2-7,10-11,16H2,1H3. The zero-order valence-electron chi connectivity index (χ0n) is 11.8. The van der Waals surface area contributed by atoms with Crippen LogP contribution in [0.5, 0.6) is 0 Å². The van der Waals surface area contributed by atoms with Crippen molar-refractivity contribution in [3.05, 3.63) is 18.0 Å². The van der Waals surface area contributed by atoms with Crippen molar-refractivity contribution < 1.29 is 4.79 Å². The minimum atomic E-state index is 0.00872. The van der Waals surface area contributed by atoms with Crippen molar-refractivity contribution in [3.8, 4) is 0 Å². The van der Waals surface area contributed by atoms with Gasteiger partial charge in [0.05, 0.1) is 18.2 Å². The Morgan fingerprint density at radius 3 is 2.95 bits per heavy atom. The summed E-state index contributed by atoms with van der Waals surface area (Å²) in [6.45, 7) is 2.09. The van der Waals surface area contributed by atoms with Gasteiger partial charge in [-0.3, -0.25) is 9.48 Å². The molecule has 0 bridgehead atoms. The number of nitrogens with two attached hydrogens (primary N) is 1. The van der Waals surface area contributed by atoms with Crippen LogP contribution in [0.4, 0.5) is 0 Å². The molecule has 0 aromatic carbocycles. The molecule has 1 heterocycles. The maximum absolute atomic E-state index is 11.9. The second kappa shape index (κ2) is 6.85. The fourth-order valence-electron chi connectivity index (χ4n) is 2.88. The van der Waals surface area contributed by atoms with E-state index in [0.29, 0.717) is 18.9 Å². The summed E-state index contributed by atoms with van der Waals surface area (Å²) < 4.78 is 2.04. The van der Waals surface area contributed by atoms with E-state index in [1.165, 1.54) is 25.7 Å². The number of aromatic nitrogens is 2. The average molecular weight is 263 g/mol. The zero-order valence-corrected chi connectivity index (χ0v) is 11.8. The molecule has 2 rings (SSSR count). The van der Waals surface area contributed by atoms with Gasteiger partial charge in [0.15, 0.2) is 0 Å². The number of hydrogen-bond donors (Lipinski definition) is 1. The Morgan fingerprint density at radius 1 is 1.53 bits per heavy atom. The number of hydrogen-bond acceptors (Lipinski definition) is 3. The summed E-state index contributed by atoms with van der Waals surface area (Å²) in [5.41, 5.74) is 6.79. The predicted octanol–water partition coefficient (Wildman–Crippen LogP) is 2.63.